The number of hydrogen-bond acceptors (Lipinski definition) is 3. The van der Waals surface area contributed by atoms with Crippen molar-refractivity contribution in [1.82, 2.24) is 4.90 Å². The summed E-state index contributed by atoms with van der Waals surface area (Å²) in [5.74, 6) is 0.613. The Balaban J connectivity index is 1.67. The largest absolute Gasteiger partial charge is 0.416 e. The lowest BCUT2D eigenvalue weighted by atomic mass is 9.68. The number of nitrogens with zero attached hydrogens (tertiary/aromatic N) is 1. The van der Waals surface area contributed by atoms with Gasteiger partial charge in [-0.1, -0.05) is 56.7 Å². The topological polar surface area (TPSA) is 49.8 Å². The molecule has 2 fully saturated rings. The van der Waals surface area contributed by atoms with Crippen molar-refractivity contribution >= 4 is 5.91 Å². The number of amides is 1. The number of halogens is 3. The third-order valence-corrected chi connectivity index (χ3v) is 7.96. The number of alkyl halides is 3. The van der Waals surface area contributed by atoms with Gasteiger partial charge >= 0.3 is 6.18 Å². The second-order valence-corrected chi connectivity index (χ2v) is 11.8. The molecule has 4 rings (SSSR count). The highest BCUT2D eigenvalue weighted by atomic mass is 19.4. The Bertz CT molecular complexity index is 1120. The predicted molar refractivity (Wildman–Crippen MR) is 137 cm³/mol. The van der Waals surface area contributed by atoms with Crippen LogP contribution in [-0.2, 0) is 15.7 Å². The molecule has 1 saturated heterocycles. The van der Waals surface area contributed by atoms with Crippen molar-refractivity contribution in [1.29, 1.82) is 0 Å². The summed E-state index contributed by atoms with van der Waals surface area (Å²) < 4.78 is 47.0. The molecule has 1 amide bonds. The summed E-state index contributed by atoms with van der Waals surface area (Å²) in [6, 6.07) is 12.0. The van der Waals surface area contributed by atoms with Crippen LogP contribution in [0.4, 0.5) is 13.2 Å². The minimum absolute atomic E-state index is 0.0290. The Morgan fingerprint density at radius 1 is 1.08 bits per heavy atom. The Morgan fingerprint density at radius 2 is 1.78 bits per heavy atom. The van der Waals surface area contributed by atoms with Gasteiger partial charge in [0.2, 0.25) is 5.91 Å². The fourth-order valence-corrected chi connectivity index (χ4v) is 6.23. The number of hydrogen-bond donors (Lipinski definition) is 1. The molecule has 1 aliphatic carbocycles. The molecule has 202 valence electrons. The van der Waals surface area contributed by atoms with Gasteiger partial charge in [0, 0.05) is 24.4 Å². The van der Waals surface area contributed by atoms with Crippen molar-refractivity contribution in [3.05, 3.63) is 70.3 Å². The molecular weight excluding hydrogens is 479 g/mol. The van der Waals surface area contributed by atoms with Crippen LogP contribution in [0, 0.1) is 31.1 Å². The van der Waals surface area contributed by atoms with Crippen LogP contribution in [0.2, 0.25) is 0 Å². The number of fused-ring (bicyclic) bond motifs is 1. The number of likely N-dealkylation sites (tertiary alicyclic amines) is 1. The zero-order valence-corrected chi connectivity index (χ0v) is 22.3. The minimum atomic E-state index is -4.48. The Morgan fingerprint density at radius 3 is 2.41 bits per heavy atom. The smallest absolute Gasteiger partial charge is 0.393 e. The van der Waals surface area contributed by atoms with Crippen LogP contribution in [0.5, 0.6) is 0 Å². The summed E-state index contributed by atoms with van der Waals surface area (Å²) >= 11 is 0. The van der Waals surface area contributed by atoms with Crippen molar-refractivity contribution in [3.63, 3.8) is 0 Å². The van der Waals surface area contributed by atoms with Crippen LogP contribution in [0.15, 0.2) is 42.5 Å². The lowest BCUT2D eigenvalue weighted by Gasteiger charge is -2.41. The van der Waals surface area contributed by atoms with E-state index < -0.39 is 29.9 Å². The van der Waals surface area contributed by atoms with Crippen molar-refractivity contribution in [2.45, 2.75) is 71.8 Å². The number of ether oxygens (including phenoxy) is 1. The average Bonchev–Trinajstić information content (AvgIpc) is 3.25. The van der Waals surface area contributed by atoms with Crippen LogP contribution in [0.3, 0.4) is 0 Å². The second-order valence-electron chi connectivity index (χ2n) is 11.8. The Hall–Kier alpha value is -2.38. The number of carbonyl (C=O) groups is 1. The average molecular weight is 518 g/mol. The highest BCUT2D eigenvalue weighted by Crippen LogP contribution is 2.49. The molecule has 0 aromatic heterocycles. The van der Waals surface area contributed by atoms with Gasteiger partial charge < -0.3 is 14.7 Å². The summed E-state index contributed by atoms with van der Waals surface area (Å²) in [5.41, 5.74) is 1.86. The van der Waals surface area contributed by atoms with Crippen LogP contribution in [0.25, 0.3) is 0 Å². The molecule has 1 saturated carbocycles. The second kappa shape index (κ2) is 10.4. The van der Waals surface area contributed by atoms with E-state index in [0.717, 1.165) is 29.7 Å². The van der Waals surface area contributed by atoms with Crippen molar-refractivity contribution < 1.29 is 27.8 Å². The molecule has 37 heavy (non-hydrogen) atoms. The molecule has 0 unspecified atom stereocenters. The van der Waals surface area contributed by atoms with Gasteiger partial charge in [0.15, 0.2) is 0 Å². The molecule has 5 atom stereocenters. The highest BCUT2D eigenvalue weighted by Gasteiger charge is 2.48. The van der Waals surface area contributed by atoms with E-state index in [9.17, 15) is 23.1 Å². The maximum Gasteiger partial charge on any atom is 0.416 e. The van der Waals surface area contributed by atoms with E-state index in [1.54, 1.807) is 13.0 Å². The van der Waals surface area contributed by atoms with Gasteiger partial charge in [0.05, 0.1) is 18.3 Å². The van der Waals surface area contributed by atoms with E-state index in [1.165, 1.54) is 0 Å². The van der Waals surface area contributed by atoms with E-state index in [4.69, 9.17) is 4.74 Å². The van der Waals surface area contributed by atoms with E-state index in [-0.39, 0.29) is 23.8 Å². The molecule has 2 aromatic rings. The summed E-state index contributed by atoms with van der Waals surface area (Å²) in [4.78, 5) is 15.1. The maximum absolute atomic E-state index is 13.5. The maximum atomic E-state index is 13.5. The first-order valence-corrected chi connectivity index (χ1v) is 13.1. The summed E-state index contributed by atoms with van der Waals surface area (Å²) in [7, 11) is 0. The van der Waals surface area contributed by atoms with Crippen molar-refractivity contribution in [2.75, 3.05) is 19.7 Å². The molecule has 0 radical (unpaired) electrons. The normalized spacial score (nSPS) is 25.2. The fraction of sp³-hybridized carbons (Fsp3) is 0.567. The van der Waals surface area contributed by atoms with E-state index >= 15 is 0 Å². The van der Waals surface area contributed by atoms with Crippen LogP contribution < -0.4 is 0 Å². The van der Waals surface area contributed by atoms with Gasteiger partial charge in [-0.25, -0.2) is 0 Å². The number of aryl methyl sites for hydroxylation is 2. The molecular formula is C30H38F3NO3. The van der Waals surface area contributed by atoms with E-state index in [2.05, 4.69) is 19.1 Å². The quantitative estimate of drug-likeness (QED) is 0.497. The standard InChI is InChI=1S/C30H38F3NO3/c1-18-12-21(14-22(13-18)30(31,32)33)26(17-35)37-25-11-10-20-15-34(28(36)29(3,4)5)16-24(20)27(25)23-9-7-6-8-19(23)2/h6-9,12-14,20,24-27,35H,10-11,15-17H2,1-5H3/t20-,24-,25+,26-,27+/m1/s1. The van der Waals surface area contributed by atoms with Gasteiger partial charge in [-0.05, 0) is 67.3 Å². The Labute approximate surface area is 217 Å². The van der Waals surface area contributed by atoms with Gasteiger partial charge in [-0.15, -0.1) is 0 Å². The molecule has 4 nitrogen and oxygen atoms in total. The summed E-state index contributed by atoms with van der Waals surface area (Å²) in [6.45, 7) is 10.4. The van der Waals surface area contributed by atoms with Crippen molar-refractivity contribution in [3.8, 4) is 0 Å². The lowest BCUT2D eigenvalue weighted by molar-refractivity contribution is -0.139. The molecule has 0 spiro atoms. The van der Waals surface area contributed by atoms with Gasteiger partial charge in [0.25, 0.3) is 0 Å². The summed E-state index contributed by atoms with van der Waals surface area (Å²) in [6.07, 6.45) is -4.06. The third-order valence-electron chi connectivity index (χ3n) is 7.96. The number of aliphatic hydroxyl groups excluding tert-OH is 1. The molecule has 0 bridgehead atoms. The zero-order valence-electron chi connectivity index (χ0n) is 22.3. The monoisotopic (exact) mass is 517 g/mol. The molecule has 2 aliphatic rings. The van der Waals surface area contributed by atoms with Gasteiger partial charge in [-0.3, -0.25) is 4.79 Å². The van der Waals surface area contributed by atoms with E-state index in [1.807, 2.05) is 37.8 Å². The minimum Gasteiger partial charge on any atom is -0.393 e. The molecule has 1 N–H and O–H groups in total. The predicted octanol–water partition coefficient (Wildman–Crippen LogP) is 6.44. The number of aliphatic hydroxyl groups is 1. The first-order chi connectivity index (χ1) is 17.3. The fourth-order valence-electron chi connectivity index (χ4n) is 6.23. The lowest BCUT2D eigenvalue weighted by Crippen LogP contribution is -2.40. The molecule has 1 heterocycles. The number of benzene rings is 2. The van der Waals surface area contributed by atoms with Gasteiger partial charge in [-0.2, -0.15) is 13.2 Å². The SMILES string of the molecule is Cc1cc([C@@H](CO)O[C@H]2CC[C@@H]3CN(C(=O)C(C)(C)C)C[C@H]3[C@@H]2c2ccccc2C)cc(C(F)(F)F)c1. The van der Waals surface area contributed by atoms with Crippen LogP contribution >= 0.6 is 0 Å². The Kier molecular flexibility index (Phi) is 7.78. The van der Waals surface area contributed by atoms with E-state index in [0.29, 0.717) is 36.6 Å². The van der Waals surface area contributed by atoms with Crippen LogP contribution in [0.1, 0.15) is 73.5 Å². The van der Waals surface area contributed by atoms with Crippen LogP contribution in [-0.4, -0.2) is 41.7 Å². The summed E-state index contributed by atoms with van der Waals surface area (Å²) in [5, 5.41) is 10.2. The number of carbonyl (C=O) groups excluding carboxylic acids is 1. The molecule has 7 heteroatoms. The number of rotatable bonds is 5. The highest BCUT2D eigenvalue weighted by molar-refractivity contribution is 5.81. The molecule has 2 aromatic carbocycles. The third kappa shape index (κ3) is 5.88. The first-order valence-electron chi connectivity index (χ1n) is 13.1. The zero-order chi connectivity index (χ0) is 27.1. The van der Waals surface area contributed by atoms with Gasteiger partial charge in [0.1, 0.15) is 6.10 Å². The molecule has 1 aliphatic heterocycles. The van der Waals surface area contributed by atoms with Crippen molar-refractivity contribution in [2.24, 2.45) is 17.3 Å². The first kappa shape index (κ1) is 27.6.